The Kier molecular flexibility index (Phi) is 5.38. The first-order chi connectivity index (χ1) is 17.4. The molecule has 0 saturated heterocycles. The molecule has 2 aliphatic rings. The lowest BCUT2D eigenvalue weighted by Crippen LogP contribution is -2.58. The fraction of sp³-hybridized carbons (Fsp3) is 0.207. The van der Waals surface area contributed by atoms with E-state index in [1.165, 1.54) is 11.3 Å². The number of carbonyl (C=O) groups is 1. The third-order valence-electron chi connectivity index (χ3n) is 6.74. The van der Waals surface area contributed by atoms with Crippen molar-refractivity contribution in [3.05, 3.63) is 115 Å². The maximum Gasteiger partial charge on any atom is 0.270 e. The van der Waals surface area contributed by atoms with Gasteiger partial charge in [0.25, 0.3) is 5.56 Å². The molecule has 2 aliphatic heterocycles. The van der Waals surface area contributed by atoms with Gasteiger partial charge in [0, 0.05) is 5.56 Å². The Morgan fingerprint density at radius 2 is 1.81 bits per heavy atom. The zero-order chi connectivity index (χ0) is 24.9. The number of Topliss-reactive ketones (excluding diaryl/α,β-unsaturated/α-hetero) is 1. The molecule has 3 atom stereocenters. The average molecular weight is 497 g/mol. The number of nitrogens with zero attached hydrogens (tertiary/aromatic N) is 2. The van der Waals surface area contributed by atoms with Crippen LogP contribution in [0, 0.1) is 5.92 Å². The first kappa shape index (κ1) is 22.5. The molecular weight excluding hydrogens is 472 g/mol. The van der Waals surface area contributed by atoms with E-state index in [2.05, 4.69) is 0 Å². The molecule has 0 radical (unpaired) electrons. The monoisotopic (exact) mass is 496 g/mol. The molecule has 3 heterocycles. The number of ketones is 1. The number of carbonyl (C=O) groups excluding carboxylic acids is 1. The first-order valence-electron chi connectivity index (χ1n) is 11.8. The van der Waals surface area contributed by atoms with Gasteiger partial charge >= 0.3 is 0 Å². The standard InChI is InChI=1S/C29H24N2O4S/c1-18(32)25-26-22-10-6-7-11-23(22)35-29(25,2)30-28-31(26)27(33)24(36-28)16-19-12-14-21(15-13-19)34-17-20-8-4-3-5-9-20/h3-16,25-26H,17H2,1-2H3/b24-16+/t25-,26-,29-/m1/s1. The zero-order valence-corrected chi connectivity index (χ0v) is 20.7. The number of ether oxygens (including phenoxy) is 2. The van der Waals surface area contributed by atoms with Crippen LogP contribution in [0.15, 0.2) is 88.6 Å². The van der Waals surface area contributed by atoms with Crippen LogP contribution in [0.3, 0.4) is 0 Å². The van der Waals surface area contributed by atoms with Crippen molar-refractivity contribution in [2.45, 2.75) is 32.2 Å². The van der Waals surface area contributed by atoms with Gasteiger partial charge in [-0.1, -0.05) is 72.0 Å². The second-order valence-corrected chi connectivity index (χ2v) is 10.3. The summed E-state index contributed by atoms with van der Waals surface area (Å²) in [6.45, 7) is 3.86. The number of benzene rings is 3. The van der Waals surface area contributed by atoms with E-state index >= 15 is 0 Å². The summed E-state index contributed by atoms with van der Waals surface area (Å²) < 4.78 is 14.3. The Balaban J connectivity index is 1.38. The van der Waals surface area contributed by atoms with Crippen molar-refractivity contribution in [1.29, 1.82) is 0 Å². The molecule has 0 amide bonds. The van der Waals surface area contributed by atoms with Crippen molar-refractivity contribution in [1.82, 2.24) is 4.57 Å². The molecule has 0 saturated carbocycles. The van der Waals surface area contributed by atoms with Crippen LogP contribution in [0.25, 0.3) is 6.08 Å². The van der Waals surface area contributed by atoms with Gasteiger partial charge in [0.1, 0.15) is 29.8 Å². The van der Waals surface area contributed by atoms with E-state index in [0.29, 0.717) is 21.7 Å². The van der Waals surface area contributed by atoms with Crippen molar-refractivity contribution >= 4 is 23.2 Å². The molecule has 6 nitrogen and oxygen atoms in total. The normalized spacial score (nSPS) is 22.1. The SMILES string of the molecule is CC(=O)[C@@H]1[C@H]2c3ccccc3O[C@@]1(C)N=c1s/c(=C/c3ccc(OCc4ccccc4)cc3)c(=O)n12. The number of rotatable bonds is 5. The summed E-state index contributed by atoms with van der Waals surface area (Å²) in [6, 6.07) is 24.8. The van der Waals surface area contributed by atoms with Crippen molar-refractivity contribution in [3.8, 4) is 11.5 Å². The van der Waals surface area contributed by atoms with Crippen molar-refractivity contribution in [2.24, 2.45) is 10.9 Å². The third-order valence-corrected chi connectivity index (χ3v) is 7.73. The molecule has 6 rings (SSSR count). The second-order valence-electron chi connectivity index (χ2n) is 9.25. The van der Waals surface area contributed by atoms with E-state index in [4.69, 9.17) is 14.5 Å². The van der Waals surface area contributed by atoms with Crippen molar-refractivity contribution < 1.29 is 14.3 Å². The van der Waals surface area contributed by atoms with Gasteiger partial charge in [0.2, 0.25) is 5.72 Å². The number of para-hydroxylation sites is 1. The van der Waals surface area contributed by atoms with Crippen LogP contribution in [0.2, 0.25) is 0 Å². The number of hydrogen-bond acceptors (Lipinski definition) is 6. The van der Waals surface area contributed by atoms with Gasteiger partial charge in [-0.25, -0.2) is 4.99 Å². The highest BCUT2D eigenvalue weighted by Gasteiger charge is 2.53. The summed E-state index contributed by atoms with van der Waals surface area (Å²) in [5, 5.41) is 0. The molecule has 7 heteroatoms. The fourth-order valence-electron chi connectivity index (χ4n) is 5.11. The summed E-state index contributed by atoms with van der Waals surface area (Å²) in [5.74, 6) is 0.779. The van der Waals surface area contributed by atoms with E-state index in [1.54, 1.807) is 11.5 Å². The molecule has 180 valence electrons. The molecule has 0 fully saturated rings. The number of fused-ring (bicyclic) bond motifs is 6. The molecular formula is C29H24N2O4S. The molecule has 36 heavy (non-hydrogen) atoms. The quantitative estimate of drug-likeness (QED) is 0.421. The smallest absolute Gasteiger partial charge is 0.270 e. The molecule has 3 aromatic carbocycles. The number of hydrogen-bond donors (Lipinski definition) is 0. The Morgan fingerprint density at radius 3 is 2.56 bits per heavy atom. The Hall–Kier alpha value is -3.97. The topological polar surface area (TPSA) is 69.9 Å². The maximum atomic E-state index is 13.6. The van der Waals surface area contributed by atoms with Crippen LogP contribution in [0.4, 0.5) is 0 Å². The largest absolute Gasteiger partial charge is 0.489 e. The molecule has 0 unspecified atom stereocenters. The summed E-state index contributed by atoms with van der Waals surface area (Å²) in [5.41, 5.74) is 1.60. The summed E-state index contributed by atoms with van der Waals surface area (Å²) in [6.07, 6.45) is 1.86. The summed E-state index contributed by atoms with van der Waals surface area (Å²) >= 11 is 1.32. The summed E-state index contributed by atoms with van der Waals surface area (Å²) in [4.78, 5) is 31.7. The van der Waals surface area contributed by atoms with E-state index in [1.807, 2.05) is 91.9 Å². The average Bonchev–Trinajstić information content (AvgIpc) is 3.16. The van der Waals surface area contributed by atoms with Crippen LogP contribution < -0.4 is 24.4 Å². The van der Waals surface area contributed by atoms with Gasteiger partial charge in [-0.3, -0.25) is 14.2 Å². The third kappa shape index (κ3) is 3.76. The predicted octanol–water partition coefficient (Wildman–Crippen LogP) is 3.85. The fourth-order valence-corrected chi connectivity index (χ4v) is 6.21. The summed E-state index contributed by atoms with van der Waals surface area (Å²) in [7, 11) is 0. The highest BCUT2D eigenvalue weighted by molar-refractivity contribution is 7.07. The molecule has 0 spiro atoms. The van der Waals surface area contributed by atoms with Gasteiger partial charge in [-0.2, -0.15) is 0 Å². The van der Waals surface area contributed by atoms with Gasteiger partial charge < -0.3 is 9.47 Å². The van der Waals surface area contributed by atoms with Crippen LogP contribution in [-0.4, -0.2) is 16.1 Å². The Labute approximate surface area is 211 Å². The van der Waals surface area contributed by atoms with E-state index in [0.717, 1.165) is 22.4 Å². The Bertz CT molecular complexity index is 1640. The highest BCUT2D eigenvalue weighted by atomic mass is 32.1. The minimum Gasteiger partial charge on any atom is -0.489 e. The van der Waals surface area contributed by atoms with Crippen LogP contribution in [0.1, 0.15) is 36.6 Å². The maximum absolute atomic E-state index is 13.6. The molecule has 1 aromatic heterocycles. The highest BCUT2D eigenvalue weighted by Crippen LogP contribution is 2.47. The molecule has 4 aromatic rings. The Morgan fingerprint density at radius 1 is 1.08 bits per heavy atom. The van der Waals surface area contributed by atoms with Crippen LogP contribution in [-0.2, 0) is 11.4 Å². The van der Waals surface area contributed by atoms with Crippen molar-refractivity contribution in [3.63, 3.8) is 0 Å². The van der Waals surface area contributed by atoms with Crippen LogP contribution >= 0.6 is 11.3 Å². The lowest BCUT2D eigenvalue weighted by molar-refractivity contribution is -0.132. The van der Waals surface area contributed by atoms with Gasteiger partial charge in [-0.15, -0.1) is 0 Å². The van der Waals surface area contributed by atoms with E-state index < -0.39 is 17.7 Å². The first-order valence-corrected chi connectivity index (χ1v) is 12.6. The van der Waals surface area contributed by atoms with Crippen molar-refractivity contribution in [2.75, 3.05) is 0 Å². The zero-order valence-electron chi connectivity index (χ0n) is 19.9. The minimum atomic E-state index is -1.06. The van der Waals surface area contributed by atoms with Crippen LogP contribution in [0.5, 0.6) is 11.5 Å². The molecule has 2 bridgehead atoms. The predicted molar refractivity (Wildman–Crippen MR) is 138 cm³/mol. The lowest BCUT2D eigenvalue weighted by atomic mass is 9.79. The number of aromatic nitrogens is 1. The number of thiazole rings is 1. The molecule has 0 aliphatic carbocycles. The van der Waals surface area contributed by atoms with Gasteiger partial charge in [0.15, 0.2) is 4.80 Å². The second kappa shape index (κ2) is 8.60. The van der Waals surface area contributed by atoms with Gasteiger partial charge in [0.05, 0.1) is 10.6 Å². The van der Waals surface area contributed by atoms with E-state index in [9.17, 15) is 9.59 Å². The van der Waals surface area contributed by atoms with E-state index in [-0.39, 0.29) is 11.3 Å². The molecule has 0 N–H and O–H groups in total. The lowest BCUT2D eigenvalue weighted by Gasteiger charge is -2.45. The minimum absolute atomic E-state index is 0.0545. The van der Waals surface area contributed by atoms with Gasteiger partial charge in [-0.05, 0) is 49.2 Å².